The fourth-order valence-corrected chi connectivity index (χ4v) is 3.53. The van der Waals surface area contributed by atoms with Crippen LogP contribution in [-0.2, 0) is 14.6 Å². The van der Waals surface area contributed by atoms with E-state index in [2.05, 4.69) is 4.79 Å². The summed E-state index contributed by atoms with van der Waals surface area (Å²) in [5.74, 6) is -0.261. The lowest BCUT2D eigenvalue weighted by molar-refractivity contribution is -0.118. The normalized spacial score (nSPS) is 23.1. The molecule has 0 bridgehead atoms. The molecule has 1 aliphatic rings. The molecule has 1 unspecified atom stereocenters. The highest BCUT2D eigenvalue weighted by molar-refractivity contribution is 7.93. The third-order valence-corrected chi connectivity index (χ3v) is 5.84. The van der Waals surface area contributed by atoms with Crippen molar-refractivity contribution in [2.24, 2.45) is 0 Å². The molecule has 1 aliphatic carbocycles. The van der Waals surface area contributed by atoms with E-state index in [1.54, 1.807) is 20.8 Å². The van der Waals surface area contributed by atoms with E-state index in [4.69, 9.17) is 5.53 Å². The third-order valence-electron chi connectivity index (χ3n) is 2.85. The Labute approximate surface area is 95.4 Å². The molecular formula is C10H16N2O3S. The molecular weight excluding hydrogens is 228 g/mol. The molecule has 0 amide bonds. The van der Waals surface area contributed by atoms with E-state index in [0.717, 1.165) is 0 Å². The first-order valence-corrected chi connectivity index (χ1v) is 6.72. The second-order valence-electron chi connectivity index (χ2n) is 4.99. The molecule has 1 atom stereocenters. The van der Waals surface area contributed by atoms with Crippen LogP contribution in [0.4, 0.5) is 0 Å². The Hall–Kier alpha value is -1.00. The highest BCUT2D eigenvalue weighted by atomic mass is 32.2. The maximum absolute atomic E-state index is 12.1. The quantitative estimate of drug-likeness (QED) is 0.509. The van der Waals surface area contributed by atoms with Gasteiger partial charge in [0.05, 0.1) is 16.4 Å². The van der Waals surface area contributed by atoms with Crippen LogP contribution in [0.2, 0.25) is 0 Å². The predicted molar refractivity (Wildman–Crippen MR) is 59.9 cm³/mol. The van der Waals surface area contributed by atoms with Gasteiger partial charge in [0.2, 0.25) is 5.78 Å². The molecule has 1 rings (SSSR count). The lowest BCUT2D eigenvalue weighted by Crippen LogP contribution is -2.42. The Morgan fingerprint density at radius 2 is 1.94 bits per heavy atom. The molecule has 0 aromatic carbocycles. The second kappa shape index (κ2) is 4.11. The van der Waals surface area contributed by atoms with Crippen molar-refractivity contribution in [3.63, 3.8) is 0 Å². The van der Waals surface area contributed by atoms with Crippen LogP contribution in [0.15, 0.2) is 0 Å². The SMILES string of the molecule is CC(C)(C)S(=O)(=O)C1CCC(=O)C(=[N+]=[N-])C1. The van der Waals surface area contributed by atoms with E-state index in [9.17, 15) is 13.2 Å². The number of hydrogen-bond donors (Lipinski definition) is 0. The summed E-state index contributed by atoms with van der Waals surface area (Å²) < 4.78 is 23.4. The Balaban J connectivity index is 3.02. The molecule has 0 heterocycles. The third kappa shape index (κ3) is 2.23. The average molecular weight is 244 g/mol. The molecule has 0 radical (unpaired) electrons. The van der Waals surface area contributed by atoms with Gasteiger partial charge in [0.15, 0.2) is 9.84 Å². The summed E-state index contributed by atoms with van der Waals surface area (Å²) >= 11 is 0. The standard InChI is InChI=1S/C10H16N2O3S/c1-10(2,3)16(14,15)7-4-5-9(13)8(6-7)12-11/h7H,4-6H2,1-3H3. The van der Waals surface area contributed by atoms with Crippen LogP contribution in [0.3, 0.4) is 0 Å². The Morgan fingerprint density at radius 1 is 1.38 bits per heavy atom. The van der Waals surface area contributed by atoms with Crippen LogP contribution in [0.1, 0.15) is 40.0 Å². The van der Waals surface area contributed by atoms with E-state index >= 15 is 0 Å². The van der Waals surface area contributed by atoms with Gasteiger partial charge in [0.25, 0.3) is 0 Å². The zero-order chi connectivity index (χ0) is 12.6. The van der Waals surface area contributed by atoms with Gasteiger partial charge in [-0.15, -0.1) is 0 Å². The Morgan fingerprint density at radius 3 is 2.38 bits per heavy atom. The zero-order valence-electron chi connectivity index (χ0n) is 9.73. The summed E-state index contributed by atoms with van der Waals surface area (Å²) in [6, 6.07) is 0. The molecule has 0 aromatic heterocycles. The van der Waals surface area contributed by atoms with Crippen molar-refractivity contribution < 1.29 is 18.0 Å². The van der Waals surface area contributed by atoms with Crippen molar-refractivity contribution in [1.82, 2.24) is 0 Å². The lowest BCUT2D eigenvalue weighted by Gasteiger charge is -2.27. The number of rotatable bonds is 1. The van der Waals surface area contributed by atoms with Crippen LogP contribution >= 0.6 is 0 Å². The largest absolute Gasteiger partial charge is 0.361 e. The number of Topliss-reactive ketones (excluding diaryl/α,β-unsaturated/α-hetero) is 1. The molecule has 0 spiro atoms. The molecule has 1 saturated carbocycles. The van der Waals surface area contributed by atoms with Crippen LogP contribution in [0, 0.1) is 0 Å². The van der Waals surface area contributed by atoms with E-state index in [1.165, 1.54) is 0 Å². The van der Waals surface area contributed by atoms with Crippen LogP contribution in [0.25, 0.3) is 5.53 Å². The lowest BCUT2D eigenvalue weighted by atomic mass is 9.97. The van der Waals surface area contributed by atoms with Gasteiger partial charge in [0.1, 0.15) is 0 Å². The highest BCUT2D eigenvalue weighted by Crippen LogP contribution is 2.28. The topological polar surface area (TPSA) is 87.6 Å². The summed E-state index contributed by atoms with van der Waals surface area (Å²) in [5.41, 5.74) is 8.60. The first kappa shape index (κ1) is 13.1. The maximum Gasteiger partial charge on any atom is 0.335 e. The van der Waals surface area contributed by atoms with Gasteiger partial charge in [-0.2, -0.15) is 4.79 Å². The second-order valence-corrected chi connectivity index (χ2v) is 7.97. The van der Waals surface area contributed by atoms with E-state index in [-0.39, 0.29) is 24.3 Å². The van der Waals surface area contributed by atoms with Gasteiger partial charge in [-0.05, 0) is 27.2 Å². The van der Waals surface area contributed by atoms with Gasteiger partial charge >= 0.3 is 5.71 Å². The van der Waals surface area contributed by atoms with Crippen LogP contribution < -0.4 is 0 Å². The van der Waals surface area contributed by atoms with Gasteiger partial charge < -0.3 is 5.53 Å². The fraction of sp³-hybridized carbons (Fsp3) is 0.800. The van der Waals surface area contributed by atoms with Crippen molar-refractivity contribution in [3.8, 4) is 0 Å². The predicted octanol–water partition coefficient (Wildman–Crippen LogP) is 0.992. The molecule has 5 nitrogen and oxygen atoms in total. The van der Waals surface area contributed by atoms with E-state index in [0.29, 0.717) is 6.42 Å². The number of carbonyl (C=O) groups is 1. The van der Waals surface area contributed by atoms with Crippen molar-refractivity contribution in [2.45, 2.75) is 50.0 Å². The minimum atomic E-state index is -3.31. The molecule has 90 valence electrons. The molecule has 0 saturated heterocycles. The molecule has 0 aliphatic heterocycles. The number of ketones is 1. The molecule has 0 N–H and O–H groups in total. The monoisotopic (exact) mass is 244 g/mol. The maximum atomic E-state index is 12.1. The minimum absolute atomic E-state index is 0.0228. The van der Waals surface area contributed by atoms with Gasteiger partial charge in [-0.3, -0.25) is 4.79 Å². The highest BCUT2D eigenvalue weighted by Gasteiger charge is 2.43. The number of sulfone groups is 1. The fourth-order valence-electron chi connectivity index (χ4n) is 1.73. The van der Waals surface area contributed by atoms with E-state index in [1.807, 2.05) is 0 Å². The van der Waals surface area contributed by atoms with Crippen molar-refractivity contribution in [3.05, 3.63) is 5.53 Å². The van der Waals surface area contributed by atoms with Crippen molar-refractivity contribution >= 4 is 21.3 Å². The average Bonchev–Trinajstić information content (AvgIpc) is 2.16. The first-order valence-electron chi connectivity index (χ1n) is 5.17. The Kier molecular flexibility index (Phi) is 3.35. The number of hydrogen-bond acceptors (Lipinski definition) is 3. The summed E-state index contributed by atoms with van der Waals surface area (Å²) in [6.07, 6.45) is 0.478. The summed E-state index contributed by atoms with van der Waals surface area (Å²) in [7, 11) is -3.31. The summed E-state index contributed by atoms with van der Waals surface area (Å²) in [6.45, 7) is 4.90. The smallest absolute Gasteiger partial charge is 0.335 e. The van der Waals surface area contributed by atoms with Crippen molar-refractivity contribution in [2.75, 3.05) is 0 Å². The zero-order valence-corrected chi connectivity index (χ0v) is 10.5. The summed E-state index contributed by atoms with van der Waals surface area (Å²) in [5, 5.41) is -0.615. The number of carbonyl (C=O) groups excluding carboxylic acids is 1. The Bertz CT molecular complexity index is 453. The first-order chi connectivity index (χ1) is 7.20. The van der Waals surface area contributed by atoms with Crippen LogP contribution in [0.5, 0.6) is 0 Å². The number of nitrogens with zero attached hydrogens (tertiary/aromatic N) is 2. The van der Waals surface area contributed by atoms with Gasteiger partial charge in [-0.25, -0.2) is 8.42 Å². The molecule has 6 heteroatoms. The molecule has 1 fully saturated rings. The van der Waals surface area contributed by atoms with Gasteiger partial charge in [-0.1, -0.05) is 0 Å². The summed E-state index contributed by atoms with van der Waals surface area (Å²) in [4.78, 5) is 14.1. The van der Waals surface area contributed by atoms with E-state index < -0.39 is 19.8 Å². The molecule has 16 heavy (non-hydrogen) atoms. The van der Waals surface area contributed by atoms with Crippen molar-refractivity contribution in [1.29, 1.82) is 0 Å². The van der Waals surface area contributed by atoms with Crippen LogP contribution in [-0.4, -0.2) is 34.7 Å². The minimum Gasteiger partial charge on any atom is -0.361 e. The van der Waals surface area contributed by atoms with Gasteiger partial charge in [0, 0.05) is 6.42 Å². The molecule has 0 aromatic rings.